The number of carbonyl (C=O) groups excluding carboxylic acids is 1. The van der Waals surface area contributed by atoms with E-state index in [0.717, 1.165) is 50.0 Å². The van der Waals surface area contributed by atoms with Crippen LogP contribution in [0.2, 0.25) is 0 Å². The number of ether oxygens (including phenoxy) is 4. The molecule has 1 aliphatic heterocycles. The van der Waals surface area contributed by atoms with Gasteiger partial charge < -0.3 is 24.3 Å². The van der Waals surface area contributed by atoms with Crippen LogP contribution in [0.5, 0.6) is 11.5 Å². The molecule has 3 rings (SSSR count). The zero-order chi connectivity index (χ0) is 20.6. The maximum absolute atomic E-state index is 12.5. The normalized spacial score (nSPS) is 22.1. The topological polar surface area (TPSA) is 66.0 Å². The Morgan fingerprint density at radius 1 is 1.14 bits per heavy atom. The molecular weight excluding hydrogens is 370 g/mol. The van der Waals surface area contributed by atoms with E-state index < -0.39 is 6.10 Å². The Labute approximate surface area is 174 Å². The van der Waals surface area contributed by atoms with Gasteiger partial charge in [0.25, 0.3) is 0 Å². The number of rotatable bonds is 9. The van der Waals surface area contributed by atoms with Gasteiger partial charge in [-0.25, -0.2) is 0 Å². The van der Waals surface area contributed by atoms with Crippen LogP contribution in [0.15, 0.2) is 18.2 Å². The number of nitrogens with one attached hydrogen (secondary N) is 1. The highest BCUT2D eigenvalue weighted by Crippen LogP contribution is 2.33. The number of methoxy groups -OCH3 is 1. The Hall–Kier alpha value is -1.79. The standard InChI is InChI=1S/C23H35NO5/c1-16(24-23(25)17(2)28-15-20-10-6-7-13-27-20)18-11-12-21(22(14-18)26-3)29-19-8-4-5-9-19/h11-12,14,16-17,19-20H,4-10,13,15H2,1-3H3,(H,24,25). The summed E-state index contributed by atoms with van der Waals surface area (Å²) in [5.74, 6) is 1.35. The van der Waals surface area contributed by atoms with Crippen molar-refractivity contribution in [1.29, 1.82) is 0 Å². The van der Waals surface area contributed by atoms with E-state index in [2.05, 4.69) is 5.32 Å². The van der Waals surface area contributed by atoms with Gasteiger partial charge in [-0.3, -0.25) is 4.79 Å². The highest BCUT2D eigenvalue weighted by atomic mass is 16.5. The van der Waals surface area contributed by atoms with E-state index >= 15 is 0 Å². The van der Waals surface area contributed by atoms with Crippen molar-refractivity contribution in [1.82, 2.24) is 5.32 Å². The summed E-state index contributed by atoms with van der Waals surface area (Å²) in [5.41, 5.74) is 0.969. The molecule has 1 aliphatic carbocycles. The first-order chi connectivity index (χ1) is 14.1. The van der Waals surface area contributed by atoms with Crippen molar-refractivity contribution in [2.24, 2.45) is 0 Å². The molecule has 1 N–H and O–H groups in total. The largest absolute Gasteiger partial charge is 0.493 e. The molecule has 1 aromatic carbocycles. The Morgan fingerprint density at radius 2 is 1.90 bits per heavy atom. The van der Waals surface area contributed by atoms with E-state index in [9.17, 15) is 4.79 Å². The molecule has 6 heteroatoms. The minimum absolute atomic E-state index is 0.105. The molecule has 29 heavy (non-hydrogen) atoms. The van der Waals surface area contributed by atoms with E-state index in [1.165, 1.54) is 12.8 Å². The van der Waals surface area contributed by atoms with E-state index in [0.29, 0.717) is 12.4 Å². The van der Waals surface area contributed by atoms with Crippen molar-refractivity contribution in [3.8, 4) is 11.5 Å². The van der Waals surface area contributed by atoms with Gasteiger partial charge in [0.2, 0.25) is 5.91 Å². The van der Waals surface area contributed by atoms with E-state index in [1.54, 1.807) is 14.0 Å². The maximum Gasteiger partial charge on any atom is 0.249 e. The highest BCUT2D eigenvalue weighted by molar-refractivity contribution is 5.80. The first-order valence-electron chi connectivity index (χ1n) is 10.9. The van der Waals surface area contributed by atoms with Crippen LogP contribution in [0.1, 0.15) is 70.4 Å². The van der Waals surface area contributed by atoms with Gasteiger partial charge >= 0.3 is 0 Å². The van der Waals surface area contributed by atoms with Crippen LogP contribution in [-0.4, -0.2) is 44.5 Å². The third-order valence-electron chi connectivity index (χ3n) is 5.82. The SMILES string of the molecule is COc1cc(C(C)NC(=O)C(C)OCC2CCCCO2)ccc1OC1CCCC1. The predicted octanol–water partition coefficient (Wildman–Crippen LogP) is 4.17. The van der Waals surface area contributed by atoms with Crippen LogP contribution in [0.4, 0.5) is 0 Å². The Morgan fingerprint density at radius 3 is 2.59 bits per heavy atom. The van der Waals surface area contributed by atoms with Gasteiger partial charge in [0.1, 0.15) is 6.10 Å². The fraction of sp³-hybridized carbons (Fsp3) is 0.696. The molecule has 1 amide bonds. The predicted molar refractivity (Wildman–Crippen MR) is 111 cm³/mol. The lowest BCUT2D eigenvalue weighted by Gasteiger charge is -2.24. The minimum atomic E-state index is -0.519. The van der Waals surface area contributed by atoms with E-state index in [-0.39, 0.29) is 24.2 Å². The first-order valence-corrected chi connectivity index (χ1v) is 10.9. The van der Waals surface area contributed by atoms with Gasteiger partial charge in [-0.15, -0.1) is 0 Å². The monoisotopic (exact) mass is 405 g/mol. The van der Waals surface area contributed by atoms with Crippen LogP contribution in [0.3, 0.4) is 0 Å². The number of hydrogen-bond acceptors (Lipinski definition) is 5. The van der Waals surface area contributed by atoms with Crippen molar-refractivity contribution >= 4 is 5.91 Å². The Kier molecular flexibility index (Phi) is 8.19. The second-order valence-electron chi connectivity index (χ2n) is 8.13. The molecule has 3 atom stereocenters. The summed E-state index contributed by atoms with van der Waals surface area (Å²) in [7, 11) is 1.65. The highest BCUT2D eigenvalue weighted by Gasteiger charge is 2.22. The molecule has 1 saturated carbocycles. The molecule has 1 aromatic rings. The fourth-order valence-corrected chi connectivity index (χ4v) is 3.92. The van der Waals surface area contributed by atoms with Gasteiger partial charge in [0.15, 0.2) is 11.5 Å². The molecule has 2 aliphatic rings. The van der Waals surface area contributed by atoms with Crippen molar-refractivity contribution in [3.05, 3.63) is 23.8 Å². The molecule has 6 nitrogen and oxygen atoms in total. The summed E-state index contributed by atoms with van der Waals surface area (Å²) < 4.78 is 23.0. The summed E-state index contributed by atoms with van der Waals surface area (Å²) in [6.07, 6.45) is 7.78. The first kappa shape index (κ1) is 21.9. The van der Waals surface area contributed by atoms with Crippen molar-refractivity contribution in [2.45, 2.75) is 83.1 Å². The molecule has 0 aromatic heterocycles. The lowest BCUT2D eigenvalue weighted by atomic mass is 10.1. The molecule has 1 saturated heterocycles. The maximum atomic E-state index is 12.5. The third kappa shape index (κ3) is 6.34. The van der Waals surface area contributed by atoms with E-state index in [4.69, 9.17) is 18.9 Å². The van der Waals surface area contributed by atoms with Crippen LogP contribution < -0.4 is 14.8 Å². The van der Waals surface area contributed by atoms with Gasteiger partial charge in [-0.2, -0.15) is 0 Å². The van der Waals surface area contributed by atoms with Crippen molar-refractivity contribution in [2.75, 3.05) is 20.3 Å². The lowest BCUT2D eigenvalue weighted by Crippen LogP contribution is -2.38. The van der Waals surface area contributed by atoms with E-state index in [1.807, 2.05) is 25.1 Å². The third-order valence-corrected chi connectivity index (χ3v) is 5.82. The zero-order valence-corrected chi connectivity index (χ0v) is 17.9. The summed E-state index contributed by atoms with van der Waals surface area (Å²) in [6, 6.07) is 5.71. The number of hydrogen-bond donors (Lipinski definition) is 1. The molecule has 0 spiro atoms. The van der Waals surface area contributed by atoms with Crippen LogP contribution >= 0.6 is 0 Å². The van der Waals surface area contributed by atoms with Crippen LogP contribution in [0.25, 0.3) is 0 Å². The quantitative estimate of drug-likeness (QED) is 0.668. The van der Waals surface area contributed by atoms with Gasteiger partial charge in [-0.05, 0) is 76.5 Å². The zero-order valence-electron chi connectivity index (χ0n) is 17.9. The van der Waals surface area contributed by atoms with Crippen molar-refractivity contribution in [3.63, 3.8) is 0 Å². The smallest absolute Gasteiger partial charge is 0.249 e. The molecular formula is C23H35NO5. The van der Waals surface area contributed by atoms with Gasteiger partial charge in [0, 0.05) is 6.61 Å². The fourth-order valence-electron chi connectivity index (χ4n) is 3.92. The average Bonchev–Trinajstić information content (AvgIpc) is 3.26. The van der Waals surface area contributed by atoms with Gasteiger partial charge in [0.05, 0.1) is 32.0 Å². The summed E-state index contributed by atoms with van der Waals surface area (Å²) in [6.45, 7) is 4.99. The number of benzene rings is 1. The second-order valence-corrected chi connectivity index (χ2v) is 8.13. The summed E-state index contributed by atoms with van der Waals surface area (Å²) in [5, 5.41) is 3.03. The molecule has 2 fully saturated rings. The summed E-state index contributed by atoms with van der Waals surface area (Å²) >= 11 is 0. The Balaban J connectivity index is 1.51. The molecule has 162 valence electrons. The van der Waals surface area contributed by atoms with Crippen molar-refractivity contribution < 1.29 is 23.7 Å². The van der Waals surface area contributed by atoms with Crippen LogP contribution in [-0.2, 0) is 14.3 Å². The molecule has 1 heterocycles. The molecule has 3 unspecified atom stereocenters. The second kappa shape index (κ2) is 10.8. The number of carbonyl (C=O) groups is 1. The Bertz CT molecular complexity index is 653. The summed E-state index contributed by atoms with van der Waals surface area (Å²) in [4.78, 5) is 12.5. The average molecular weight is 406 g/mol. The lowest BCUT2D eigenvalue weighted by molar-refractivity contribution is -0.136. The molecule has 0 radical (unpaired) electrons. The van der Waals surface area contributed by atoms with Gasteiger partial charge in [-0.1, -0.05) is 6.07 Å². The number of amides is 1. The van der Waals surface area contributed by atoms with Crippen LogP contribution in [0, 0.1) is 0 Å². The molecule has 0 bridgehead atoms. The minimum Gasteiger partial charge on any atom is -0.493 e.